The fourth-order valence-electron chi connectivity index (χ4n) is 2.84. The average Bonchev–Trinajstić information content (AvgIpc) is 3.00. The van der Waals surface area contributed by atoms with Gasteiger partial charge in [0.15, 0.2) is 0 Å². The first-order valence-electron chi connectivity index (χ1n) is 7.97. The second-order valence-corrected chi connectivity index (χ2v) is 5.85. The number of halogens is 1. The minimum Gasteiger partial charge on any atom is -0.378 e. The highest BCUT2D eigenvalue weighted by Crippen LogP contribution is 2.23. The number of hydrogen-bond donors (Lipinski definition) is 2. The summed E-state index contributed by atoms with van der Waals surface area (Å²) in [7, 11) is 1.82. The number of ether oxygens (including phenoxy) is 1. The average molecular weight is 332 g/mol. The number of benzene rings is 1. The molecular formula is C17H21FN4O2. The Hall–Kier alpha value is -2.25. The topological polar surface area (TPSA) is 68.2 Å². The highest BCUT2D eigenvalue weighted by molar-refractivity contribution is 5.77. The number of nitrogens with one attached hydrogen (secondary N) is 2. The van der Waals surface area contributed by atoms with Gasteiger partial charge in [-0.2, -0.15) is 0 Å². The molecule has 2 atom stereocenters. The number of carbonyl (C=O) groups is 1. The molecule has 1 aromatic carbocycles. The number of aryl methyl sites for hydroxylation is 1. The number of morpholine rings is 1. The van der Waals surface area contributed by atoms with Crippen molar-refractivity contribution in [1.29, 1.82) is 0 Å². The van der Waals surface area contributed by atoms with Gasteiger partial charge >= 0.3 is 0 Å². The number of amides is 1. The van der Waals surface area contributed by atoms with Crippen molar-refractivity contribution in [3.8, 4) is 0 Å². The second kappa shape index (κ2) is 7.55. The first-order valence-corrected chi connectivity index (χ1v) is 7.97. The zero-order chi connectivity index (χ0) is 16.9. The highest BCUT2D eigenvalue weighted by atomic mass is 19.1. The lowest BCUT2D eigenvalue weighted by Crippen LogP contribution is -2.45. The Morgan fingerprint density at radius 1 is 1.54 bits per heavy atom. The number of carbonyl (C=O) groups excluding carboxylic acids is 1. The molecule has 0 bridgehead atoms. The molecule has 1 saturated heterocycles. The minimum absolute atomic E-state index is 0.0265. The van der Waals surface area contributed by atoms with E-state index in [1.807, 2.05) is 7.05 Å². The van der Waals surface area contributed by atoms with Gasteiger partial charge in [-0.05, 0) is 6.07 Å². The normalized spacial score (nSPS) is 19.0. The van der Waals surface area contributed by atoms with Crippen LogP contribution in [0.25, 0.3) is 0 Å². The molecule has 1 aliphatic rings. The van der Waals surface area contributed by atoms with Gasteiger partial charge in [0.1, 0.15) is 17.7 Å². The van der Waals surface area contributed by atoms with E-state index in [2.05, 4.69) is 15.6 Å². The fourth-order valence-corrected chi connectivity index (χ4v) is 2.84. The van der Waals surface area contributed by atoms with E-state index in [1.165, 1.54) is 6.07 Å². The Morgan fingerprint density at radius 2 is 2.38 bits per heavy atom. The third-order valence-electron chi connectivity index (χ3n) is 4.07. The van der Waals surface area contributed by atoms with Crippen LogP contribution >= 0.6 is 0 Å². The third kappa shape index (κ3) is 3.80. The van der Waals surface area contributed by atoms with Crippen LogP contribution in [0.5, 0.6) is 0 Å². The maximum atomic E-state index is 14.3. The molecule has 24 heavy (non-hydrogen) atoms. The molecule has 0 aliphatic carbocycles. The van der Waals surface area contributed by atoms with Crippen LogP contribution in [0.2, 0.25) is 0 Å². The van der Waals surface area contributed by atoms with E-state index in [0.717, 1.165) is 6.54 Å². The van der Waals surface area contributed by atoms with Crippen molar-refractivity contribution in [2.75, 3.05) is 19.8 Å². The van der Waals surface area contributed by atoms with E-state index >= 15 is 0 Å². The number of rotatable bonds is 5. The molecule has 128 valence electrons. The molecule has 3 rings (SSSR count). The minimum atomic E-state index is -0.636. The summed E-state index contributed by atoms with van der Waals surface area (Å²) in [6, 6.07) is 5.76. The summed E-state index contributed by atoms with van der Waals surface area (Å²) < 4.78 is 21.4. The molecular weight excluding hydrogens is 311 g/mol. The van der Waals surface area contributed by atoms with Gasteiger partial charge in [0.2, 0.25) is 5.91 Å². The van der Waals surface area contributed by atoms with Crippen LogP contribution in [0.1, 0.15) is 23.9 Å². The smallest absolute Gasteiger partial charge is 0.222 e. The number of hydrogen-bond acceptors (Lipinski definition) is 4. The molecule has 0 radical (unpaired) electrons. The second-order valence-electron chi connectivity index (χ2n) is 5.85. The molecule has 2 aromatic rings. The molecule has 2 N–H and O–H groups in total. The summed E-state index contributed by atoms with van der Waals surface area (Å²) in [5, 5.41) is 6.15. The molecule has 6 nitrogen and oxygen atoms in total. The van der Waals surface area contributed by atoms with Crippen LogP contribution < -0.4 is 10.6 Å². The van der Waals surface area contributed by atoms with Crippen LogP contribution in [0, 0.1) is 5.82 Å². The van der Waals surface area contributed by atoms with Gasteiger partial charge in [-0.15, -0.1) is 0 Å². The van der Waals surface area contributed by atoms with Gasteiger partial charge in [-0.25, -0.2) is 9.37 Å². The molecule has 1 aromatic heterocycles. The van der Waals surface area contributed by atoms with Crippen molar-refractivity contribution in [3.63, 3.8) is 0 Å². The van der Waals surface area contributed by atoms with Gasteiger partial charge in [0.25, 0.3) is 0 Å². The maximum absolute atomic E-state index is 14.3. The van der Waals surface area contributed by atoms with Crippen molar-refractivity contribution in [3.05, 3.63) is 53.9 Å². The molecule has 2 unspecified atom stereocenters. The number of nitrogens with zero attached hydrogens (tertiary/aromatic N) is 2. The maximum Gasteiger partial charge on any atom is 0.222 e. The van der Waals surface area contributed by atoms with Crippen molar-refractivity contribution in [1.82, 2.24) is 20.2 Å². The summed E-state index contributed by atoms with van der Waals surface area (Å²) in [5.41, 5.74) is 0.396. The summed E-state index contributed by atoms with van der Waals surface area (Å²) in [5.74, 6) is 0.0421. The van der Waals surface area contributed by atoms with E-state index in [1.54, 1.807) is 35.2 Å². The molecule has 0 saturated carbocycles. The lowest BCUT2D eigenvalue weighted by atomic mass is 10.0. The van der Waals surface area contributed by atoms with E-state index in [9.17, 15) is 9.18 Å². The van der Waals surface area contributed by atoms with Crippen LogP contribution in [0.15, 0.2) is 36.7 Å². The number of imidazole rings is 1. The largest absolute Gasteiger partial charge is 0.378 e. The van der Waals surface area contributed by atoms with E-state index < -0.39 is 6.04 Å². The molecule has 1 aliphatic heterocycles. The first kappa shape index (κ1) is 16.6. The van der Waals surface area contributed by atoms with Gasteiger partial charge < -0.3 is 19.9 Å². The van der Waals surface area contributed by atoms with E-state index in [-0.39, 0.29) is 24.2 Å². The summed E-state index contributed by atoms with van der Waals surface area (Å²) >= 11 is 0. The highest BCUT2D eigenvalue weighted by Gasteiger charge is 2.25. The van der Waals surface area contributed by atoms with Crippen LogP contribution in [0.4, 0.5) is 4.39 Å². The van der Waals surface area contributed by atoms with Gasteiger partial charge in [-0.3, -0.25) is 4.79 Å². The predicted molar refractivity (Wildman–Crippen MR) is 86.8 cm³/mol. The van der Waals surface area contributed by atoms with Gasteiger partial charge in [0, 0.05) is 44.0 Å². The summed E-state index contributed by atoms with van der Waals surface area (Å²) in [4.78, 5) is 16.7. The van der Waals surface area contributed by atoms with Crippen molar-refractivity contribution >= 4 is 5.91 Å². The quantitative estimate of drug-likeness (QED) is 0.862. The summed E-state index contributed by atoms with van der Waals surface area (Å²) in [6.07, 6.45) is 3.67. The van der Waals surface area contributed by atoms with Crippen LogP contribution in [-0.2, 0) is 16.6 Å². The lowest BCUT2D eigenvalue weighted by Gasteiger charge is -2.25. The van der Waals surface area contributed by atoms with E-state index in [0.29, 0.717) is 24.6 Å². The molecule has 1 fully saturated rings. The molecule has 0 spiro atoms. The Labute approximate surface area is 140 Å². The Kier molecular flexibility index (Phi) is 5.22. The number of aromatic nitrogens is 2. The Balaban J connectivity index is 1.79. The SMILES string of the molecule is Cn1ccnc1C(NC(=O)CC1COCCN1)c1ccccc1F. The zero-order valence-electron chi connectivity index (χ0n) is 13.5. The van der Waals surface area contributed by atoms with Crippen molar-refractivity contribution < 1.29 is 13.9 Å². The van der Waals surface area contributed by atoms with Gasteiger partial charge in [-0.1, -0.05) is 18.2 Å². The molecule has 2 heterocycles. The van der Waals surface area contributed by atoms with Crippen LogP contribution in [0.3, 0.4) is 0 Å². The zero-order valence-corrected chi connectivity index (χ0v) is 13.5. The Bertz CT molecular complexity index is 697. The molecule has 7 heteroatoms. The van der Waals surface area contributed by atoms with Crippen molar-refractivity contribution in [2.45, 2.75) is 18.5 Å². The fraction of sp³-hybridized carbons (Fsp3) is 0.412. The standard InChI is InChI=1S/C17H21FN4O2/c1-22-8-6-20-17(22)16(13-4-2-3-5-14(13)18)21-15(23)10-12-11-24-9-7-19-12/h2-6,8,12,16,19H,7,9-11H2,1H3,(H,21,23). The van der Waals surface area contributed by atoms with Crippen molar-refractivity contribution in [2.24, 2.45) is 7.05 Å². The monoisotopic (exact) mass is 332 g/mol. The summed E-state index contributed by atoms with van der Waals surface area (Å²) in [6.45, 7) is 1.89. The Morgan fingerprint density at radius 3 is 3.04 bits per heavy atom. The predicted octanol–water partition coefficient (Wildman–Crippen LogP) is 1.14. The third-order valence-corrected chi connectivity index (χ3v) is 4.07. The van der Waals surface area contributed by atoms with Gasteiger partial charge in [0.05, 0.1) is 13.2 Å². The first-order chi connectivity index (χ1) is 11.6. The lowest BCUT2D eigenvalue weighted by molar-refractivity contribution is -0.122. The van der Waals surface area contributed by atoms with Crippen LogP contribution in [-0.4, -0.2) is 41.3 Å². The van der Waals surface area contributed by atoms with E-state index in [4.69, 9.17) is 4.74 Å². The molecule has 1 amide bonds.